The molecule has 4 aromatic rings. The van der Waals surface area contributed by atoms with Gasteiger partial charge in [-0.2, -0.15) is 0 Å². The van der Waals surface area contributed by atoms with Crippen molar-refractivity contribution in [2.75, 3.05) is 29.0 Å². The third-order valence-corrected chi connectivity index (χ3v) is 6.17. The van der Waals surface area contributed by atoms with Crippen molar-refractivity contribution in [3.05, 3.63) is 60.7 Å². The van der Waals surface area contributed by atoms with Crippen LogP contribution in [0, 0.1) is 5.41 Å². The summed E-state index contributed by atoms with van der Waals surface area (Å²) in [7, 11) is 0. The highest BCUT2D eigenvalue weighted by Crippen LogP contribution is 2.28. The van der Waals surface area contributed by atoms with Crippen LogP contribution in [-0.2, 0) is 0 Å². The largest absolute Gasteiger partial charge is 0.398 e. The Morgan fingerprint density at radius 3 is 2.85 bits per heavy atom. The van der Waals surface area contributed by atoms with Crippen molar-refractivity contribution in [3.63, 3.8) is 0 Å². The molecule has 1 aliphatic heterocycles. The minimum atomic E-state index is -0.702. The number of hydrogen-bond donors (Lipinski definition) is 4. The van der Waals surface area contributed by atoms with Gasteiger partial charge in [-0.1, -0.05) is 12.1 Å². The lowest BCUT2D eigenvalue weighted by Gasteiger charge is -2.29. The molecule has 174 valence electrons. The van der Waals surface area contributed by atoms with E-state index in [9.17, 15) is 5.11 Å². The smallest absolute Gasteiger partial charge is 0.180 e. The minimum absolute atomic E-state index is 0.529. The SMILES string of the molecule is C[C@]1(O)CCCCN(c2ccc(Nc3nc(-c4ccc(C=N)c(N)c4)cn4ccnc34)cn2)C1. The molecule has 9 nitrogen and oxygen atoms in total. The minimum Gasteiger partial charge on any atom is -0.398 e. The molecule has 0 aliphatic carbocycles. The van der Waals surface area contributed by atoms with Gasteiger partial charge in [0.25, 0.3) is 0 Å². The van der Waals surface area contributed by atoms with Crippen LogP contribution in [-0.4, -0.2) is 49.4 Å². The molecular formula is C25H28N8O. The Hall–Kier alpha value is -3.98. The van der Waals surface area contributed by atoms with Crippen LogP contribution in [0.5, 0.6) is 0 Å². The zero-order chi connectivity index (χ0) is 23.7. The number of hydrogen-bond acceptors (Lipinski definition) is 8. The number of pyridine rings is 1. The van der Waals surface area contributed by atoms with E-state index in [1.165, 1.54) is 6.21 Å². The Morgan fingerprint density at radius 2 is 2.09 bits per heavy atom. The van der Waals surface area contributed by atoms with E-state index in [1.807, 2.05) is 54.0 Å². The van der Waals surface area contributed by atoms with E-state index in [2.05, 4.69) is 20.2 Å². The van der Waals surface area contributed by atoms with Gasteiger partial charge in [0.2, 0.25) is 0 Å². The summed E-state index contributed by atoms with van der Waals surface area (Å²) in [6.45, 7) is 3.35. The summed E-state index contributed by atoms with van der Waals surface area (Å²) in [5, 5.41) is 21.4. The number of nitrogens with zero attached hydrogens (tertiary/aromatic N) is 5. The Balaban J connectivity index is 1.43. The van der Waals surface area contributed by atoms with Crippen LogP contribution in [0.15, 0.2) is 55.1 Å². The predicted molar refractivity (Wildman–Crippen MR) is 135 cm³/mol. The molecule has 1 atom stereocenters. The standard InChI is InChI=1S/C25H28N8O/c1-25(34)8-2-3-10-33(16-25)22-7-6-19(14-29-22)30-23-24-28-9-11-32(24)15-21(31-23)17-4-5-18(13-26)20(27)12-17/h4-7,9,11-15,26,34H,2-3,8,10,16,27H2,1H3,(H,30,31)/t25-/m0/s1. The van der Waals surface area contributed by atoms with Crippen molar-refractivity contribution in [2.45, 2.75) is 31.8 Å². The van der Waals surface area contributed by atoms with E-state index in [1.54, 1.807) is 12.4 Å². The number of fused-ring (bicyclic) bond motifs is 1. The number of imidazole rings is 1. The number of nitrogens with one attached hydrogen (secondary N) is 2. The molecule has 5 N–H and O–H groups in total. The number of β-amino-alcohol motifs (C(OH)–C–C–N with tert-alkyl or cyclic N) is 1. The zero-order valence-electron chi connectivity index (χ0n) is 19.1. The Kier molecular flexibility index (Phi) is 5.62. The molecule has 5 rings (SSSR count). The second-order valence-corrected chi connectivity index (χ2v) is 9.03. The van der Waals surface area contributed by atoms with Crippen LogP contribution in [0.25, 0.3) is 16.9 Å². The molecule has 0 radical (unpaired) electrons. The number of nitrogens with two attached hydrogens (primary N) is 1. The molecule has 0 bridgehead atoms. The lowest BCUT2D eigenvalue weighted by atomic mass is 10.0. The van der Waals surface area contributed by atoms with Gasteiger partial charge >= 0.3 is 0 Å². The third kappa shape index (κ3) is 4.42. The van der Waals surface area contributed by atoms with Gasteiger partial charge in [0, 0.05) is 54.7 Å². The fraction of sp³-hybridized carbons (Fsp3) is 0.280. The van der Waals surface area contributed by atoms with E-state index in [0.717, 1.165) is 48.6 Å². The van der Waals surface area contributed by atoms with E-state index in [-0.39, 0.29) is 0 Å². The maximum Gasteiger partial charge on any atom is 0.180 e. The highest BCUT2D eigenvalue weighted by molar-refractivity contribution is 5.87. The average Bonchev–Trinajstić information content (AvgIpc) is 3.23. The van der Waals surface area contributed by atoms with Gasteiger partial charge in [-0.15, -0.1) is 0 Å². The van der Waals surface area contributed by atoms with Crippen molar-refractivity contribution in [3.8, 4) is 11.3 Å². The first kappa shape index (κ1) is 21.8. The van der Waals surface area contributed by atoms with Gasteiger partial charge in [-0.25, -0.2) is 15.0 Å². The lowest BCUT2D eigenvalue weighted by molar-refractivity contribution is 0.0611. The molecule has 1 aromatic carbocycles. The van der Waals surface area contributed by atoms with Crippen LogP contribution < -0.4 is 16.0 Å². The predicted octanol–water partition coefficient (Wildman–Crippen LogP) is 3.86. The number of rotatable bonds is 5. The number of aliphatic hydroxyl groups is 1. The summed E-state index contributed by atoms with van der Waals surface area (Å²) in [6.07, 6.45) is 11.4. The molecule has 0 saturated carbocycles. The molecule has 34 heavy (non-hydrogen) atoms. The zero-order valence-corrected chi connectivity index (χ0v) is 19.1. The van der Waals surface area contributed by atoms with Crippen LogP contribution >= 0.6 is 0 Å². The van der Waals surface area contributed by atoms with Crippen LogP contribution in [0.3, 0.4) is 0 Å². The third-order valence-electron chi connectivity index (χ3n) is 6.17. The molecule has 0 unspecified atom stereocenters. The van der Waals surface area contributed by atoms with Gasteiger partial charge in [0.15, 0.2) is 11.5 Å². The highest BCUT2D eigenvalue weighted by Gasteiger charge is 2.27. The summed E-state index contributed by atoms with van der Waals surface area (Å²) in [5.41, 5.74) is 9.65. The Bertz CT molecular complexity index is 1330. The monoisotopic (exact) mass is 456 g/mol. The van der Waals surface area contributed by atoms with Gasteiger partial charge in [0.05, 0.1) is 23.2 Å². The molecule has 1 aliphatic rings. The molecule has 9 heteroatoms. The molecule has 1 saturated heterocycles. The molecule has 3 aromatic heterocycles. The summed E-state index contributed by atoms with van der Waals surface area (Å²) < 4.78 is 1.91. The van der Waals surface area contributed by atoms with Gasteiger partial charge < -0.3 is 30.9 Å². The second-order valence-electron chi connectivity index (χ2n) is 9.03. The second kappa shape index (κ2) is 8.75. The molecule has 4 heterocycles. The molecule has 1 fully saturated rings. The van der Waals surface area contributed by atoms with E-state index in [0.29, 0.717) is 29.3 Å². The van der Waals surface area contributed by atoms with Crippen molar-refractivity contribution in [2.24, 2.45) is 0 Å². The quantitative estimate of drug-likeness (QED) is 0.265. The van der Waals surface area contributed by atoms with Crippen molar-refractivity contribution >= 4 is 34.9 Å². The van der Waals surface area contributed by atoms with Crippen LogP contribution in [0.1, 0.15) is 31.7 Å². The first-order chi connectivity index (χ1) is 16.4. The van der Waals surface area contributed by atoms with Crippen molar-refractivity contribution in [1.29, 1.82) is 5.41 Å². The summed E-state index contributed by atoms with van der Waals surface area (Å²) in [4.78, 5) is 16.0. The first-order valence-corrected chi connectivity index (χ1v) is 11.4. The van der Waals surface area contributed by atoms with Crippen molar-refractivity contribution in [1.82, 2.24) is 19.4 Å². The topological polar surface area (TPSA) is 128 Å². The fourth-order valence-electron chi connectivity index (χ4n) is 4.38. The van der Waals surface area contributed by atoms with Gasteiger partial charge in [0.1, 0.15) is 5.82 Å². The van der Waals surface area contributed by atoms with E-state index in [4.69, 9.17) is 16.1 Å². The maximum atomic E-state index is 10.6. The fourth-order valence-corrected chi connectivity index (χ4v) is 4.38. The normalized spacial score (nSPS) is 18.6. The lowest BCUT2D eigenvalue weighted by Crippen LogP contribution is -2.39. The number of aromatic nitrogens is 4. The summed E-state index contributed by atoms with van der Waals surface area (Å²) in [5.74, 6) is 1.45. The molecular weight excluding hydrogens is 428 g/mol. The maximum absolute atomic E-state index is 10.6. The van der Waals surface area contributed by atoms with E-state index < -0.39 is 5.60 Å². The number of anilines is 4. The summed E-state index contributed by atoms with van der Waals surface area (Å²) in [6, 6.07) is 9.47. The average molecular weight is 457 g/mol. The van der Waals surface area contributed by atoms with Crippen LogP contribution in [0.2, 0.25) is 0 Å². The Morgan fingerprint density at radius 1 is 1.21 bits per heavy atom. The number of benzene rings is 1. The number of nitrogen functional groups attached to an aromatic ring is 1. The van der Waals surface area contributed by atoms with Gasteiger partial charge in [-0.05, 0) is 44.4 Å². The Labute approximate surface area is 197 Å². The molecule has 0 spiro atoms. The van der Waals surface area contributed by atoms with Gasteiger partial charge in [-0.3, -0.25) is 0 Å². The van der Waals surface area contributed by atoms with Crippen LogP contribution in [0.4, 0.5) is 23.0 Å². The highest BCUT2D eigenvalue weighted by atomic mass is 16.3. The molecule has 0 amide bonds. The summed E-state index contributed by atoms with van der Waals surface area (Å²) >= 11 is 0. The van der Waals surface area contributed by atoms with Crippen molar-refractivity contribution < 1.29 is 5.11 Å². The first-order valence-electron chi connectivity index (χ1n) is 11.4. The van der Waals surface area contributed by atoms with E-state index >= 15 is 0 Å².